The number of ether oxygens (including phenoxy) is 3. The highest BCUT2D eigenvalue weighted by Crippen LogP contribution is 2.42. The number of nitrogens with zero attached hydrogens (tertiary/aromatic N) is 4. The molecule has 0 radical (unpaired) electrons. The van der Waals surface area contributed by atoms with Crippen LogP contribution in [-0.2, 0) is 34.8 Å². The number of carbonyl (C=O) groups is 1. The first-order valence-electron chi connectivity index (χ1n) is 12.2. The first-order chi connectivity index (χ1) is 18.0. The van der Waals surface area contributed by atoms with E-state index in [-0.39, 0.29) is 31.0 Å². The van der Waals surface area contributed by atoms with Crippen LogP contribution < -0.4 is 32.0 Å². The predicted octanol–water partition coefficient (Wildman–Crippen LogP) is -1.41. The maximum absolute atomic E-state index is 13.6. The maximum atomic E-state index is 13.6. The number of esters is 1. The van der Waals surface area contributed by atoms with Crippen LogP contribution in [0.2, 0.25) is 0 Å². The lowest BCUT2D eigenvalue weighted by atomic mass is 9.86. The molecule has 3 aromatic heterocycles. The second-order valence-electron chi connectivity index (χ2n) is 9.45. The normalized spacial score (nSPS) is 18.7. The molecule has 1 aromatic carbocycles. The summed E-state index contributed by atoms with van der Waals surface area (Å²) in [5, 5.41) is 12.1. The van der Waals surface area contributed by atoms with Crippen LogP contribution in [0.5, 0.6) is 11.5 Å². The third-order valence-electron chi connectivity index (χ3n) is 7.50. The molecule has 0 aliphatic carbocycles. The molecule has 0 bridgehead atoms. The van der Waals surface area contributed by atoms with Gasteiger partial charge in [0.2, 0.25) is 0 Å². The van der Waals surface area contributed by atoms with Crippen molar-refractivity contribution in [3.8, 4) is 22.9 Å². The van der Waals surface area contributed by atoms with Gasteiger partial charge in [0.05, 0.1) is 41.4 Å². The van der Waals surface area contributed by atoms with Crippen LogP contribution in [0.15, 0.2) is 47.8 Å². The highest BCUT2D eigenvalue weighted by molar-refractivity contribution is 5.91. The largest absolute Gasteiger partial charge is 1.00 e. The average molecular weight is 535 g/mol. The van der Waals surface area contributed by atoms with Crippen molar-refractivity contribution in [3.63, 3.8) is 0 Å². The summed E-state index contributed by atoms with van der Waals surface area (Å²) in [5.74, 6) is 0.543. The second kappa shape index (κ2) is 8.78. The molecule has 6 heterocycles. The SMILES string of the molecule is CC[C@@]1(O)C(=O)OCc2c1cc1n(c2=O)Cc2c-1nc1cc3c(cc1c2C[n+]1ccncc1)OCCO3.[Cl-]. The Hall–Kier alpha value is -4.02. The summed E-state index contributed by atoms with van der Waals surface area (Å²) in [6.45, 7) is 3.29. The van der Waals surface area contributed by atoms with Gasteiger partial charge in [-0.1, -0.05) is 6.92 Å². The predicted molar refractivity (Wildman–Crippen MR) is 129 cm³/mol. The van der Waals surface area contributed by atoms with Crippen LogP contribution in [0.1, 0.15) is 35.6 Å². The lowest BCUT2D eigenvalue weighted by Gasteiger charge is -2.31. The van der Waals surface area contributed by atoms with Gasteiger partial charge in [-0.15, -0.1) is 0 Å². The molecule has 3 aliphatic heterocycles. The van der Waals surface area contributed by atoms with Crippen molar-refractivity contribution in [1.29, 1.82) is 0 Å². The van der Waals surface area contributed by atoms with Crippen molar-refractivity contribution >= 4 is 16.9 Å². The summed E-state index contributed by atoms with van der Waals surface area (Å²) in [6, 6.07) is 5.55. The van der Waals surface area contributed by atoms with Crippen LogP contribution >= 0.6 is 0 Å². The Morgan fingerprint density at radius 1 is 1.05 bits per heavy atom. The van der Waals surface area contributed by atoms with E-state index in [2.05, 4.69) is 4.98 Å². The molecule has 1 atom stereocenters. The minimum Gasteiger partial charge on any atom is -1.00 e. The van der Waals surface area contributed by atoms with Crippen molar-refractivity contribution in [1.82, 2.24) is 14.5 Å². The van der Waals surface area contributed by atoms with E-state index in [9.17, 15) is 14.7 Å². The summed E-state index contributed by atoms with van der Waals surface area (Å²) in [4.78, 5) is 35.2. The van der Waals surface area contributed by atoms with Crippen molar-refractivity contribution in [2.75, 3.05) is 13.2 Å². The molecule has 11 heteroatoms. The lowest BCUT2D eigenvalue weighted by Crippen LogP contribution is -3.00. The number of benzene rings is 1. The molecule has 194 valence electrons. The topological polar surface area (TPSA) is 117 Å². The van der Waals surface area contributed by atoms with Crippen LogP contribution in [0.25, 0.3) is 22.3 Å². The van der Waals surface area contributed by atoms with Gasteiger partial charge in [0.1, 0.15) is 19.8 Å². The number of hydrogen-bond donors (Lipinski definition) is 1. The van der Waals surface area contributed by atoms with Gasteiger partial charge in [0.15, 0.2) is 36.0 Å². The standard InChI is InChI=1S/C27H23N4O6.ClH/c1-2-27(34)19-10-21-24-17(13-31(21)25(32)18(19)14-37-26(27)33)16(12-30-5-3-28-4-6-30)15-9-22-23(11-20(15)29-24)36-8-7-35-22;/h3-6,9-11,34H,2,7-8,12-14H2,1H3;1H/q+1;/p-1/t27-;/m0./s1. The van der Waals surface area contributed by atoms with E-state index >= 15 is 0 Å². The Morgan fingerprint density at radius 2 is 1.79 bits per heavy atom. The number of pyridine rings is 2. The molecule has 0 fully saturated rings. The van der Waals surface area contributed by atoms with E-state index in [1.165, 1.54) is 0 Å². The minimum atomic E-state index is -1.87. The number of fused-ring (bicyclic) bond motifs is 6. The number of cyclic esters (lactones) is 1. The summed E-state index contributed by atoms with van der Waals surface area (Å²) in [5.41, 5.74) is 2.24. The van der Waals surface area contributed by atoms with Crippen molar-refractivity contribution in [3.05, 3.63) is 75.6 Å². The molecule has 0 amide bonds. The molecular formula is C27H23ClN4O6. The minimum absolute atomic E-state index is 0. The van der Waals surface area contributed by atoms with Crippen molar-refractivity contribution in [2.24, 2.45) is 0 Å². The fraction of sp³-hybridized carbons (Fsp3) is 0.296. The Bertz CT molecular complexity index is 1690. The highest BCUT2D eigenvalue weighted by Gasteiger charge is 2.45. The molecule has 38 heavy (non-hydrogen) atoms. The molecule has 1 N–H and O–H groups in total. The summed E-state index contributed by atoms with van der Waals surface area (Å²) in [7, 11) is 0. The molecule has 10 nitrogen and oxygen atoms in total. The lowest BCUT2D eigenvalue weighted by molar-refractivity contribution is -0.688. The van der Waals surface area contributed by atoms with Gasteiger partial charge in [-0.3, -0.25) is 9.78 Å². The van der Waals surface area contributed by atoms with E-state index in [4.69, 9.17) is 19.2 Å². The number of rotatable bonds is 3. The van der Waals surface area contributed by atoms with Crippen LogP contribution in [0, 0.1) is 0 Å². The third kappa shape index (κ3) is 3.40. The van der Waals surface area contributed by atoms with Gasteiger partial charge >= 0.3 is 5.97 Å². The molecule has 0 unspecified atom stereocenters. The van der Waals surface area contributed by atoms with Crippen LogP contribution in [0.3, 0.4) is 0 Å². The second-order valence-corrected chi connectivity index (χ2v) is 9.45. The zero-order valence-corrected chi connectivity index (χ0v) is 21.2. The van der Waals surface area contributed by atoms with E-state index in [0.717, 1.165) is 16.5 Å². The molecule has 4 aromatic rings. The van der Waals surface area contributed by atoms with E-state index in [0.29, 0.717) is 65.8 Å². The fourth-order valence-electron chi connectivity index (χ4n) is 5.51. The number of aromatic nitrogens is 4. The zero-order chi connectivity index (χ0) is 25.3. The molecule has 0 saturated carbocycles. The van der Waals surface area contributed by atoms with Gasteiger partial charge in [-0.2, -0.15) is 4.57 Å². The van der Waals surface area contributed by atoms with Gasteiger partial charge in [0.25, 0.3) is 5.56 Å². The average Bonchev–Trinajstić information content (AvgIpc) is 3.29. The first-order valence-corrected chi connectivity index (χ1v) is 12.2. The zero-order valence-electron chi connectivity index (χ0n) is 20.4. The molecule has 3 aliphatic rings. The molecular weight excluding hydrogens is 512 g/mol. The van der Waals surface area contributed by atoms with Crippen molar-refractivity contribution < 1.29 is 41.1 Å². The highest BCUT2D eigenvalue weighted by atomic mass is 35.5. The summed E-state index contributed by atoms with van der Waals surface area (Å²) >= 11 is 0. The van der Waals surface area contributed by atoms with E-state index in [1.807, 2.05) is 29.1 Å². The number of halogens is 1. The Kier molecular flexibility index (Phi) is 5.62. The van der Waals surface area contributed by atoms with Crippen LogP contribution in [-0.4, -0.2) is 38.8 Å². The Morgan fingerprint density at radius 3 is 2.53 bits per heavy atom. The van der Waals surface area contributed by atoms with Gasteiger partial charge in [-0.05, 0) is 18.6 Å². The summed E-state index contributed by atoms with van der Waals surface area (Å²) in [6.07, 6.45) is 7.30. The fourth-order valence-corrected chi connectivity index (χ4v) is 5.51. The first kappa shape index (κ1) is 24.3. The van der Waals surface area contributed by atoms with Gasteiger partial charge in [-0.25, -0.2) is 9.78 Å². The van der Waals surface area contributed by atoms with Crippen molar-refractivity contribution in [2.45, 2.75) is 38.6 Å². The molecule has 7 rings (SSSR count). The van der Waals surface area contributed by atoms with Crippen LogP contribution in [0.4, 0.5) is 0 Å². The maximum Gasteiger partial charge on any atom is 0.343 e. The third-order valence-corrected chi connectivity index (χ3v) is 7.50. The smallest absolute Gasteiger partial charge is 0.343 e. The Balaban J connectivity index is 0.00000264. The van der Waals surface area contributed by atoms with E-state index < -0.39 is 11.6 Å². The van der Waals surface area contributed by atoms with Gasteiger partial charge in [0, 0.05) is 28.1 Å². The molecule has 0 saturated heterocycles. The number of carbonyl (C=O) groups excluding carboxylic acids is 1. The van der Waals surface area contributed by atoms with Gasteiger partial charge < -0.3 is 36.3 Å². The van der Waals surface area contributed by atoms with E-state index in [1.54, 1.807) is 30.0 Å². The molecule has 0 spiro atoms. The number of hydrogen-bond acceptors (Lipinski definition) is 8. The number of aliphatic hydroxyl groups is 1. The summed E-state index contributed by atoms with van der Waals surface area (Å²) < 4.78 is 20.5. The monoisotopic (exact) mass is 534 g/mol. The quantitative estimate of drug-likeness (QED) is 0.222. The Labute approximate surface area is 222 Å².